The zero-order valence-corrected chi connectivity index (χ0v) is 13.6. The molecule has 2 aliphatic rings. The number of rotatable bonds is 2. The van der Waals surface area contributed by atoms with Crippen LogP contribution in [0.4, 0.5) is 0 Å². The van der Waals surface area contributed by atoms with Gasteiger partial charge >= 0.3 is 0 Å². The van der Waals surface area contributed by atoms with E-state index in [0.717, 1.165) is 13.1 Å². The minimum Gasteiger partial charge on any atom is -0.338 e. The van der Waals surface area contributed by atoms with Crippen LogP contribution in [0.15, 0.2) is 23.1 Å². The van der Waals surface area contributed by atoms with Gasteiger partial charge in [-0.2, -0.15) is 0 Å². The largest absolute Gasteiger partial charge is 0.338 e. The maximum atomic E-state index is 12.5. The molecule has 4 nitrogen and oxygen atoms in total. The van der Waals surface area contributed by atoms with Crippen molar-refractivity contribution in [2.24, 2.45) is 11.8 Å². The Morgan fingerprint density at radius 3 is 2.38 bits per heavy atom. The molecule has 1 aliphatic heterocycles. The number of carbonyl (C=O) groups excluding carboxylic acids is 1. The van der Waals surface area contributed by atoms with E-state index >= 15 is 0 Å². The van der Waals surface area contributed by atoms with Gasteiger partial charge in [-0.3, -0.25) is 4.79 Å². The van der Waals surface area contributed by atoms with E-state index in [1.54, 1.807) is 6.07 Å². The van der Waals surface area contributed by atoms with Crippen LogP contribution in [0.25, 0.3) is 0 Å². The fourth-order valence-electron chi connectivity index (χ4n) is 3.41. The van der Waals surface area contributed by atoms with Crippen molar-refractivity contribution in [2.45, 2.75) is 24.2 Å². The summed E-state index contributed by atoms with van der Waals surface area (Å²) in [6, 6.07) is 4.21. The molecule has 1 amide bonds. The molecule has 3 rings (SSSR count). The third-order valence-corrected chi connectivity index (χ3v) is 6.26. The Balaban J connectivity index is 1.86. The molecule has 2 atom stereocenters. The van der Waals surface area contributed by atoms with Crippen molar-refractivity contribution in [1.82, 2.24) is 4.90 Å². The summed E-state index contributed by atoms with van der Waals surface area (Å²) in [6.45, 7) is 1.52. The molecule has 7 heteroatoms. The van der Waals surface area contributed by atoms with Gasteiger partial charge in [0.1, 0.15) is 4.90 Å². The normalized spacial score (nSPS) is 25.1. The number of fused-ring (bicyclic) bond motifs is 1. The summed E-state index contributed by atoms with van der Waals surface area (Å²) in [4.78, 5) is 14.1. The van der Waals surface area contributed by atoms with Crippen LogP contribution in [0.3, 0.4) is 0 Å². The van der Waals surface area contributed by atoms with Gasteiger partial charge in [-0.05, 0) is 42.9 Å². The third-order valence-electron chi connectivity index (χ3n) is 4.45. The molecule has 2 fully saturated rings. The number of carbonyl (C=O) groups is 1. The second kappa shape index (κ2) is 5.45. The molecular formula is C14H15Cl2NO3S. The minimum absolute atomic E-state index is 0.0276. The first-order valence-corrected chi connectivity index (χ1v) is 9.58. The Labute approximate surface area is 133 Å². The molecule has 1 aliphatic carbocycles. The van der Waals surface area contributed by atoms with Crippen molar-refractivity contribution in [1.29, 1.82) is 0 Å². The number of nitrogens with zero attached hydrogens (tertiary/aromatic N) is 1. The van der Waals surface area contributed by atoms with Crippen LogP contribution >= 0.6 is 22.3 Å². The Hall–Kier alpha value is -0.780. The Kier molecular flexibility index (Phi) is 3.93. The molecule has 1 aromatic carbocycles. The first-order valence-electron chi connectivity index (χ1n) is 6.90. The van der Waals surface area contributed by atoms with Crippen LogP contribution in [-0.4, -0.2) is 32.3 Å². The fraction of sp³-hybridized carbons (Fsp3) is 0.500. The van der Waals surface area contributed by atoms with E-state index in [1.165, 1.54) is 31.4 Å². The highest BCUT2D eigenvalue weighted by molar-refractivity contribution is 8.13. The molecule has 1 saturated carbocycles. The summed E-state index contributed by atoms with van der Waals surface area (Å²) < 4.78 is 22.9. The number of benzene rings is 1. The average Bonchev–Trinajstić information content (AvgIpc) is 2.97. The lowest BCUT2D eigenvalue weighted by Gasteiger charge is -2.17. The molecule has 114 valence electrons. The molecular weight excluding hydrogens is 333 g/mol. The molecule has 21 heavy (non-hydrogen) atoms. The number of likely N-dealkylation sites (tertiary alicyclic amines) is 1. The first-order chi connectivity index (χ1) is 9.86. The lowest BCUT2D eigenvalue weighted by atomic mass is 10.0. The van der Waals surface area contributed by atoms with E-state index in [-0.39, 0.29) is 15.8 Å². The van der Waals surface area contributed by atoms with Gasteiger partial charge in [0.15, 0.2) is 0 Å². The summed E-state index contributed by atoms with van der Waals surface area (Å²) in [5, 5.41) is 0.0276. The maximum absolute atomic E-state index is 12.5. The van der Waals surface area contributed by atoms with Crippen molar-refractivity contribution in [3.05, 3.63) is 28.8 Å². The molecule has 0 radical (unpaired) electrons. The highest BCUT2D eigenvalue weighted by atomic mass is 35.7. The van der Waals surface area contributed by atoms with Crippen molar-refractivity contribution in [2.75, 3.05) is 13.1 Å². The average molecular weight is 348 g/mol. The zero-order chi connectivity index (χ0) is 15.2. The third kappa shape index (κ3) is 2.91. The Morgan fingerprint density at radius 1 is 1.19 bits per heavy atom. The highest BCUT2D eigenvalue weighted by Crippen LogP contribution is 2.38. The van der Waals surface area contributed by atoms with E-state index in [9.17, 15) is 13.2 Å². The second-order valence-electron chi connectivity index (χ2n) is 5.74. The second-order valence-corrected chi connectivity index (χ2v) is 8.69. The van der Waals surface area contributed by atoms with E-state index in [1.807, 2.05) is 4.90 Å². The van der Waals surface area contributed by atoms with Crippen LogP contribution < -0.4 is 0 Å². The highest BCUT2D eigenvalue weighted by Gasteiger charge is 2.38. The lowest BCUT2D eigenvalue weighted by molar-refractivity contribution is 0.0780. The molecule has 1 saturated heterocycles. The molecule has 0 N–H and O–H groups in total. The van der Waals surface area contributed by atoms with Gasteiger partial charge in [-0.25, -0.2) is 8.42 Å². The molecule has 2 unspecified atom stereocenters. The van der Waals surface area contributed by atoms with Gasteiger partial charge in [0, 0.05) is 29.3 Å². The predicted octanol–water partition coefficient (Wildman–Crippen LogP) is 3.14. The molecule has 1 heterocycles. The molecule has 1 aromatic rings. The van der Waals surface area contributed by atoms with Crippen LogP contribution in [0.1, 0.15) is 29.6 Å². The summed E-state index contributed by atoms with van der Waals surface area (Å²) >= 11 is 5.83. The van der Waals surface area contributed by atoms with E-state index < -0.39 is 9.05 Å². The lowest BCUT2D eigenvalue weighted by Crippen LogP contribution is -2.29. The number of amides is 1. The minimum atomic E-state index is -3.96. The van der Waals surface area contributed by atoms with Gasteiger partial charge in [0.25, 0.3) is 15.0 Å². The SMILES string of the molecule is O=C(c1ccc(Cl)c(S(=O)(=O)Cl)c1)N1CC2CCCC2C1. The molecule has 0 aromatic heterocycles. The zero-order valence-electron chi connectivity index (χ0n) is 11.3. The summed E-state index contributed by atoms with van der Waals surface area (Å²) in [7, 11) is 1.38. The summed E-state index contributed by atoms with van der Waals surface area (Å²) in [6.07, 6.45) is 3.60. The number of hydrogen-bond donors (Lipinski definition) is 0. The topological polar surface area (TPSA) is 54.5 Å². The van der Waals surface area contributed by atoms with Crippen LogP contribution in [0.2, 0.25) is 5.02 Å². The van der Waals surface area contributed by atoms with Gasteiger partial charge < -0.3 is 4.90 Å². The number of halogens is 2. The molecule has 0 bridgehead atoms. The Morgan fingerprint density at radius 2 is 1.81 bits per heavy atom. The standard InChI is InChI=1S/C14H15Cl2NO3S/c15-12-5-4-9(6-13(12)21(16,19)20)14(18)17-7-10-2-1-3-11(10)8-17/h4-6,10-11H,1-3,7-8H2. The maximum Gasteiger partial charge on any atom is 0.262 e. The predicted molar refractivity (Wildman–Crippen MR) is 81.2 cm³/mol. The van der Waals surface area contributed by atoms with Crippen LogP contribution in [0.5, 0.6) is 0 Å². The molecule has 0 spiro atoms. The van der Waals surface area contributed by atoms with E-state index in [2.05, 4.69) is 0 Å². The number of hydrogen-bond acceptors (Lipinski definition) is 3. The van der Waals surface area contributed by atoms with Gasteiger partial charge in [-0.1, -0.05) is 18.0 Å². The van der Waals surface area contributed by atoms with E-state index in [4.69, 9.17) is 22.3 Å². The van der Waals surface area contributed by atoms with Gasteiger partial charge in [-0.15, -0.1) is 0 Å². The summed E-state index contributed by atoms with van der Waals surface area (Å²) in [5.41, 5.74) is 0.318. The monoisotopic (exact) mass is 347 g/mol. The van der Waals surface area contributed by atoms with Crippen LogP contribution in [0, 0.1) is 11.8 Å². The van der Waals surface area contributed by atoms with Crippen LogP contribution in [-0.2, 0) is 9.05 Å². The van der Waals surface area contributed by atoms with Gasteiger partial charge in [0.2, 0.25) is 0 Å². The van der Waals surface area contributed by atoms with Crippen molar-refractivity contribution >= 4 is 37.2 Å². The van der Waals surface area contributed by atoms with Crippen molar-refractivity contribution in [3.8, 4) is 0 Å². The summed E-state index contributed by atoms with van der Waals surface area (Å²) in [5.74, 6) is 1.04. The van der Waals surface area contributed by atoms with Crippen molar-refractivity contribution in [3.63, 3.8) is 0 Å². The fourth-order valence-corrected chi connectivity index (χ4v) is 4.90. The van der Waals surface area contributed by atoms with E-state index in [0.29, 0.717) is 17.4 Å². The Bertz CT molecular complexity index is 677. The quantitative estimate of drug-likeness (QED) is 0.772. The van der Waals surface area contributed by atoms with Gasteiger partial charge in [0.05, 0.1) is 5.02 Å². The smallest absolute Gasteiger partial charge is 0.262 e. The van der Waals surface area contributed by atoms with Crippen molar-refractivity contribution < 1.29 is 13.2 Å². The first kappa shape index (κ1) is 15.1.